The van der Waals surface area contributed by atoms with Crippen molar-refractivity contribution in [2.75, 3.05) is 30.9 Å². The molecule has 1 rings (SSSR count). The highest BCUT2D eigenvalue weighted by atomic mass is 15.3. The van der Waals surface area contributed by atoms with Crippen LogP contribution in [0.3, 0.4) is 0 Å². The van der Waals surface area contributed by atoms with Gasteiger partial charge in [-0.25, -0.2) is 10.8 Å². The van der Waals surface area contributed by atoms with E-state index < -0.39 is 0 Å². The first kappa shape index (κ1) is 14.7. The number of nitrogens with one attached hydrogen (secondary N) is 2. The molecule has 18 heavy (non-hydrogen) atoms. The lowest BCUT2D eigenvalue weighted by Gasteiger charge is -2.23. The molecule has 0 saturated carbocycles. The third-order valence-electron chi connectivity index (χ3n) is 3.20. The first-order valence-corrected chi connectivity index (χ1v) is 6.32. The molecule has 6 nitrogen and oxygen atoms in total. The molecule has 1 unspecified atom stereocenters. The Balaban J connectivity index is 2.48. The van der Waals surface area contributed by atoms with Crippen molar-refractivity contribution in [2.24, 2.45) is 5.84 Å². The van der Waals surface area contributed by atoms with Gasteiger partial charge in [-0.15, -0.1) is 0 Å². The fourth-order valence-corrected chi connectivity index (χ4v) is 1.57. The van der Waals surface area contributed by atoms with Crippen LogP contribution in [-0.2, 0) is 0 Å². The molecular formula is C12H24N6. The predicted molar refractivity (Wildman–Crippen MR) is 75.5 cm³/mol. The van der Waals surface area contributed by atoms with Gasteiger partial charge in [-0.1, -0.05) is 6.92 Å². The molecule has 0 amide bonds. The molecule has 0 fully saturated rings. The maximum Gasteiger partial charge on any atom is 0.239 e. The average Bonchev–Trinajstić information content (AvgIpc) is 2.39. The fraction of sp³-hybridized carbons (Fsp3) is 0.667. The number of likely N-dealkylation sites (N-methyl/N-ethyl adjacent to an activating group) is 1. The van der Waals surface area contributed by atoms with Crippen LogP contribution in [0, 0.1) is 6.92 Å². The number of hydrogen-bond donors (Lipinski definition) is 3. The second-order valence-corrected chi connectivity index (χ2v) is 4.53. The fourth-order valence-electron chi connectivity index (χ4n) is 1.57. The van der Waals surface area contributed by atoms with Gasteiger partial charge in [0.2, 0.25) is 5.95 Å². The van der Waals surface area contributed by atoms with Crippen LogP contribution in [-0.4, -0.2) is 41.0 Å². The predicted octanol–water partition coefficient (Wildman–Crippen LogP) is 1.21. The van der Waals surface area contributed by atoms with E-state index in [9.17, 15) is 0 Å². The number of hydrazine groups is 1. The molecule has 1 aromatic heterocycles. The summed E-state index contributed by atoms with van der Waals surface area (Å²) >= 11 is 0. The van der Waals surface area contributed by atoms with Gasteiger partial charge in [-0.05, 0) is 27.3 Å². The van der Waals surface area contributed by atoms with E-state index in [1.165, 1.54) is 0 Å². The summed E-state index contributed by atoms with van der Waals surface area (Å²) in [6, 6.07) is 0.597. The van der Waals surface area contributed by atoms with E-state index in [0.717, 1.165) is 30.9 Å². The molecule has 0 aliphatic heterocycles. The van der Waals surface area contributed by atoms with Crippen molar-refractivity contribution < 1.29 is 0 Å². The molecule has 1 heterocycles. The van der Waals surface area contributed by atoms with Gasteiger partial charge < -0.3 is 10.2 Å². The summed E-state index contributed by atoms with van der Waals surface area (Å²) in [7, 11) is 2.13. The first-order valence-electron chi connectivity index (χ1n) is 6.32. The van der Waals surface area contributed by atoms with Crippen molar-refractivity contribution >= 4 is 11.8 Å². The minimum Gasteiger partial charge on any atom is -0.368 e. The lowest BCUT2D eigenvalue weighted by Crippen LogP contribution is -2.32. The van der Waals surface area contributed by atoms with Crippen LogP contribution in [0.2, 0.25) is 0 Å². The van der Waals surface area contributed by atoms with Gasteiger partial charge in [0.05, 0.1) is 0 Å². The van der Waals surface area contributed by atoms with Crippen LogP contribution in [0.15, 0.2) is 6.20 Å². The first-order chi connectivity index (χ1) is 8.58. The van der Waals surface area contributed by atoms with Gasteiger partial charge in [0, 0.05) is 30.9 Å². The second kappa shape index (κ2) is 7.13. The Hall–Kier alpha value is -1.40. The molecule has 0 radical (unpaired) electrons. The number of rotatable bonds is 7. The lowest BCUT2D eigenvalue weighted by molar-refractivity contribution is 0.261. The molecule has 0 saturated heterocycles. The van der Waals surface area contributed by atoms with Gasteiger partial charge in [0.15, 0.2) is 0 Å². The number of hydrogen-bond acceptors (Lipinski definition) is 6. The van der Waals surface area contributed by atoms with E-state index in [0.29, 0.717) is 12.0 Å². The molecule has 0 aliphatic rings. The van der Waals surface area contributed by atoms with Crippen LogP contribution in [0.4, 0.5) is 11.8 Å². The van der Waals surface area contributed by atoms with Crippen molar-refractivity contribution in [3.63, 3.8) is 0 Å². The quantitative estimate of drug-likeness (QED) is 0.500. The lowest BCUT2D eigenvalue weighted by atomic mass is 10.2. The summed E-state index contributed by atoms with van der Waals surface area (Å²) in [6.07, 6.45) is 2.91. The normalized spacial score (nSPS) is 12.6. The molecule has 0 aliphatic carbocycles. The van der Waals surface area contributed by atoms with Crippen LogP contribution in [0.1, 0.15) is 25.8 Å². The second-order valence-electron chi connectivity index (χ2n) is 4.53. The van der Waals surface area contributed by atoms with Crippen molar-refractivity contribution in [1.29, 1.82) is 0 Å². The highest BCUT2D eigenvalue weighted by Gasteiger charge is 2.07. The molecule has 0 spiro atoms. The molecular weight excluding hydrogens is 228 g/mol. The van der Waals surface area contributed by atoms with Gasteiger partial charge in [0.1, 0.15) is 5.82 Å². The summed E-state index contributed by atoms with van der Waals surface area (Å²) in [5, 5.41) is 3.31. The van der Waals surface area contributed by atoms with E-state index in [2.05, 4.69) is 46.5 Å². The molecule has 1 atom stereocenters. The van der Waals surface area contributed by atoms with Crippen LogP contribution >= 0.6 is 0 Å². The van der Waals surface area contributed by atoms with Gasteiger partial charge in [-0.2, -0.15) is 4.98 Å². The van der Waals surface area contributed by atoms with E-state index in [1.807, 2.05) is 6.92 Å². The van der Waals surface area contributed by atoms with E-state index in [1.54, 1.807) is 6.20 Å². The highest BCUT2D eigenvalue weighted by molar-refractivity contribution is 5.45. The Labute approximate surface area is 109 Å². The van der Waals surface area contributed by atoms with E-state index in [4.69, 9.17) is 5.84 Å². The van der Waals surface area contributed by atoms with Crippen molar-refractivity contribution in [1.82, 2.24) is 14.9 Å². The van der Waals surface area contributed by atoms with Gasteiger partial charge in [0.25, 0.3) is 0 Å². The number of nitrogens with two attached hydrogens (primary N) is 1. The summed E-state index contributed by atoms with van der Waals surface area (Å²) in [5.41, 5.74) is 3.46. The standard InChI is InChI=1S/C12H24N6/c1-5-10(3)18(4)7-6-14-11-9(2)8-15-12(16-11)17-13/h8,10H,5-7,13H2,1-4H3,(H2,14,15,16,17). The number of anilines is 2. The molecule has 4 N–H and O–H groups in total. The zero-order chi connectivity index (χ0) is 13.5. The minimum absolute atomic E-state index is 0.429. The molecule has 0 bridgehead atoms. The molecule has 0 aromatic carbocycles. The summed E-state index contributed by atoms with van der Waals surface area (Å²) in [4.78, 5) is 10.6. The van der Waals surface area contributed by atoms with Crippen LogP contribution in [0.5, 0.6) is 0 Å². The third-order valence-corrected chi connectivity index (χ3v) is 3.20. The molecule has 102 valence electrons. The molecule has 1 aromatic rings. The largest absolute Gasteiger partial charge is 0.368 e. The molecule has 6 heteroatoms. The number of aryl methyl sites for hydroxylation is 1. The van der Waals surface area contributed by atoms with E-state index in [-0.39, 0.29) is 0 Å². The zero-order valence-corrected chi connectivity index (χ0v) is 11.7. The smallest absolute Gasteiger partial charge is 0.239 e. The maximum absolute atomic E-state index is 5.29. The highest BCUT2D eigenvalue weighted by Crippen LogP contribution is 2.11. The average molecular weight is 252 g/mol. The van der Waals surface area contributed by atoms with Crippen molar-refractivity contribution in [3.8, 4) is 0 Å². The Morgan fingerprint density at radius 1 is 1.50 bits per heavy atom. The topological polar surface area (TPSA) is 79.1 Å². The number of aromatic nitrogens is 2. The monoisotopic (exact) mass is 252 g/mol. The number of nitrogens with zero attached hydrogens (tertiary/aromatic N) is 3. The van der Waals surface area contributed by atoms with Crippen LogP contribution in [0.25, 0.3) is 0 Å². The SMILES string of the molecule is CCC(C)N(C)CCNc1nc(NN)ncc1C. The Morgan fingerprint density at radius 3 is 2.83 bits per heavy atom. The number of nitrogen functional groups attached to an aromatic ring is 1. The maximum atomic E-state index is 5.29. The van der Waals surface area contributed by atoms with E-state index >= 15 is 0 Å². The summed E-state index contributed by atoms with van der Waals surface area (Å²) in [6.45, 7) is 8.22. The minimum atomic E-state index is 0.429. The zero-order valence-electron chi connectivity index (χ0n) is 11.7. The van der Waals surface area contributed by atoms with Crippen molar-refractivity contribution in [3.05, 3.63) is 11.8 Å². The Morgan fingerprint density at radius 2 is 2.22 bits per heavy atom. The summed E-state index contributed by atoms with van der Waals surface area (Å²) < 4.78 is 0. The van der Waals surface area contributed by atoms with Crippen LogP contribution < -0.4 is 16.6 Å². The Kier molecular flexibility index (Phi) is 5.80. The summed E-state index contributed by atoms with van der Waals surface area (Å²) in [5.74, 6) is 6.55. The third kappa shape index (κ3) is 4.12. The Bertz CT molecular complexity index is 368. The van der Waals surface area contributed by atoms with Gasteiger partial charge >= 0.3 is 0 Å². The van der Waals surface area contributed by atoms with Gasteiger partial charge in [-0.3, -0.25) is 5.43 Å². The van der Waals surface area contributed by atoms with Crippen molar-refractivity contribution in [2.45, 2.75) is 33.2 Å².